The summed E-state index contributed by atoms with van der Waals surface area (Å²) in [5, 5.41) is 14.5. The minimum atomic E-state index is -1.12. The molecule has 192 valence electrons. The van der Waals surface area contributed by atoms with Crippen LogP contribution in [0.3, 0.4) is 0 Å². The van der Waals surface area contributed by atoms with Crippen LogP contribution < -0.4 is 27.8 Å². The van der Waals surface area contributed by atoms with Crippen LogP contribution in [0.1, 0.15) is 29.5 Å². The molecule has 0 heterocycles. The average Bonchev–Trinajstić information content (AvgIpc) is 2.90. The zero-order chi connectivity index (χ0) is 26.3. The van der Waals surface area contributed by atoms with E-state index in [-0.39, 0.29) is 37.9 Å². The summed E-state index contributed by atoms with van der Waals surface area (Å²) >= 11 is 0. The van der Waals surface area contributed by atoms with E-state index in [2.05, 4.69) is 10.6 Å². The molecule has 0 aromatic heterocycles. The molecule has 10 nitrogen and oxygen atoms in total. The Morgan fingerprint density at radius 2 is 1.56 bits per heavy atom. The van der Waals surface area contributed by atoms with Crippen molar-refractivity contribution in [2.24, 2.45) is 17.2 Å². The number of carbonyl (C=O) groups excluding carboxylic acids is 3. The molecule has 36 heavy (non-hydrogen) atoms. The summed E-state index contributed by atoms with van der Waals surface area (Å²) in [6.45, 7) is 1.42. The van der Waals surface area contributed by atoms with E-state index in [0.29, 0.717) is 31.5 Å². The maximum absolute atomic E-state index is 13.0. The van der Waals surface area contributed by atoms with Gasteiger partial charge in [-0.3, -0.25) is 14.4 Å². The summed E-state index contributed by atoms with van der Waals surface area (Å²) in [5.41, 5.74) is 19.5. The quantitative estimate of drug-likeness (QED) is 0.241. The van der Waals surface area contributed by atoms with Gasteiger partial charge in [-0.25, -0.2) is 0 Å². The number of aryl methyl sites for hydroxylation is 1. The van der Waals surface area contributed by atoms with E-state index in [1.165, 1.54) is 4.90 Å². The van der Waals surface area contributed by atoms with E-state index in [0.717, 1.165) is 11.1 Å². The topological polar surface area (TPSA) is 180 Å². The predicted molar refractivity (Wildman–Crippen MR) is 137 cm³/mol. The minimum Gasteiger partial charge on any atom is -0.350 e. The Balaban J connectivity index is 2.03. The number of nitrogens with zero attached hydrogens (tertiary/aromatic N) is 2. The molecule has 0 aliphatic rings. The second-order valence-corrected chi connectivity index (χ2v) is 8.38. The van der Waals surface area contributed by atoms with Gasteiger partial charge in [-0.1, -0.05) is 42.5 Å². The smallest absolute Gasteiger partial charge is 0.242 e. The van der Waals surface area contributed by atoms with Gasteiger partial charge in [0.15, 0.2) is 0 Å². The van der Waals surface area contributed by atoms with Crippen molar-refractivity contribution in [3.63, 3.8) is 0 Å². The van der Waals surface area contributed by atoms with Gasteiger partial charge in [0.1, 0.15) is 6.04 Å². The summed E-state index contributed by atoms with van der Waals surface area (Å²) in [7, 11) is 0. The fraction of sp³-hybridized carbons (Fsp3) is 0.385. The SMILES string of the molecule is N#Cc1ccc(CNC(=O)C(CCc2ccccc2)NC(=O)C(N)CC(=O)N(CCN)CCN)cc1. The largest absolute Gasteiger partial charge is 0.350 e. The maximum Gasteiger partial charge on any atom is 0.242 e. The molecule has 0 radical (unpaired) electrons. The number of hydrogen-bond acceptors (Lipinski definition) is 7. The Morgan fingerprint density at radius 3 is 2.14 bits per heavy atom. The van der Waals surface area contributed by atoms with Crippen LogP contribution in [0.15, 0.2) is 54.6 Å². The number of amides is 3. The summed E-state index contributed by atoms with van der Waals surface area (Å²) < 4.78 is 0. The molecule has 0 saturated heterocycles. The zero-order valence-electron chi connectivity index (χ0n) is 20.4. The van der Waals surface area contributed by atoms with E-state index in [1.807, 2.05) is 36.4 Å². The van der Waals surface area contributed by atoms with Crippen LogP contribution in [0.25, 0.3) is 0 Å². The number of hydrogen-bond donors (Lipinski definition) is 5. The second-order valence-electron chi connectivity index (χ2n) is 8.38. The third-order valence-corrected chi connectivity index (χ3v) is 5.63. The highest BCUT2D eigenvalue weighted by Gasteiger charge is 2.26. The first-order chi connectivity index (χ1) is 17.4. The summed E-state index contributed by atoms with van der Waals surface area (Å²) in [6, 6.07) is 16.5. The number of rotatable bonds is 14. The third kappa shape index (κ3) is 9.46. The lowest BCUT2D eigenvalue weighted by molar-refractivity contribution is -0.135. The molecular formula is C26H35N7O3. The summed E-state index contributed by atoms with van der Waals surface area (Å²) in [6.07, 6.45) is 0.692. The highest BCUT2D eigenvalue weighted by molar-refractivity contribution is 5.92. The third-order valence-electron chi connectivity index (χ3n) is 5.63. The molecule has 2 aromatic carbocycles. The van der Waals surface area contributed by atoms with Crippen LogP contribution in [0.5, 0.6) is 0 Å². The number of nitrogens with one attached hydrogen (secondary N) is 2. The van der Waals surface area contributed by atoms with Gasteiger partial charge < -0.3 is 32.7 Å². The summed E-state index contributed by atoms with van der Waals surface area (Å²) in [4.78, 5) is 39.8. The fourth-order valence-electron chi connectivity index (χ4n) is 3.60. The molecule has 0 aliphatic carbocycles. The fourth-order valence-corrected chi connectivity index (χ4v) is 3.60. The molecule has 3 amide bonds. The minimum absolute atomic E-state index is 0.218. The molecule has 0 bridgehead atoms. The molecule has 2 aromatic rings. The highest BCUT2D eigenvalue weighted by atomic mass is 16.2. The normalized spacial score (nSPS) is 12.2. The molecule has 0 saturated carbocycles. The van der Waals surface area contributed by atoms with Gasteiger partial charge in [-0.2, -0.15) is 5.26 Å². The van der Waals surface area contributed by atoms with Crippen molar-refractivity contribution in [2.75, 3.05) is 26.2 Å². The van der Waals surface area contributed by atoms with Crippen molar-refractivity contribution in [2.45, 2.75) is 37.9 Å². The molecule has 2 unspecified atom stereocenters. The number of nitrogens with two attached hydrogens (primary N) is 3. The van der Waals surface area contributed by atoms with Crippen molar-refractivity contribution in [1.82, 2.24) is 15.5 Å². The lowest BCUT2D eigenvalue weighted by Gasteiger charge is -2.24. The first-order valence-corrected chi connectivity index (χ1v) is 11.9. The van der Waals surface area contributed by atoms with Gasteiger partial charge in [0.2, 0.25) is 17.7 Å². The Bertz CT molecular complexity index is 1020. The van der Waals surface area contributed by atoms with Crippen molar-refractivity contribution in [3.05, 3.63) is 71.3 Å². The van der Waals surface area contributed by atoms with Crippen LogP contribution in [0.2, 0.25) is 0 Å². The van der Waals surface area contributed by atoms with E-state index < -0.39 is 18.0 Å². The van der Waals surface area contributed by atoms with Gasteiger partial charge in [0.25, 0.3) is 0 Å². The molecule has 0 aliphatic heterocycles. The maximum atomic E-state index is 13.0. The van der Waals surface area contributed by atoms with Crippen molar-refractivity contribution >= 4 is 17.7 Å². The van der Waals surface area contributed by atoms with Gasteiger partial charge in [-0.15, -0.1) is 0 Å². The van der Waals surface area contributed by atoms with Crippen LogP contribution in [-0.4, -0.2) is 60.9 Å². The van der Waals surface area contributed by atoms with Crippen LogP contribution in [0, 0.1) is 11.3 Å². The Hall–Kier alpha value is -3.78. The van der Waals surface area contributed by atoms with Crippen molar-refractivity contribution < 1.29 is 14.4 Å². The molecule has 10 heteroatoms. The van der Waals surface area contributed by atoms with E-state index in [9.17, 15) is 14.4 Å². The van der Waals surface area contributed by atoms with Crippen LogP contribution >= 0.6 is 0 Å². The van der Waals surface area contributed by atoms with Gasteiger partial charge >= 0.3 is 0 Å². The lowest BCUT2D eigenvalue weighted by atomic mass is 10.0. The van der Waals surface area contributed by atoms with E-state index >= 15 is 0 Å². The number of benzene rings is 2. The summed E-state index contributed by atoms with van der Waals surface area (Å²) in [5.74, 6) is -1.27. The molecule has 2 atom stereocenters. The van der Waals surface area contributed by atoms with Gasteiger partial charge in [-0.05, 0) is 36.1 Å². The first kappa shape index (κ1) is 28.5. The van der Waals surface area contributed by atoms with E-state index in [4.69, 9.17) is 22.5 Å². The Kier molecular flexibility index (Phi) is 12.1. The first-order valence-electron chi connectivity index (χ1n) is 11.9. The van der Waals surface area contributed by atoms with Crippen molar-refractivity contribution in [3.8, 4) is 6.07 Å². The van der Waals surface area contributed by atoms with Crippen LogP contribution in [-0.2, 0) is 27.3 Å². The standard InChI is InChI=1S/C26H35N7O3/c27-12-14-33(15-13-28)24(34)16-22(30)25(35)32-23(11-10-19-4-2-1-3-5-19)26(36)31-18-21-8-6-20(17-29)7-9-21/h1-9,22-23H,10-16,18,27-28,30H2,(H,31,36)(H,32,35). The molecule has 0 fully saturated rings. The highest BCUT2D eigenvalue weighted by Crippen LogP contribution is 2.08. The van der Waals surface area contributed by atoms with Crippen molar-refractivity contribution in [1.29, 1.82) is 5.26 Å². The predicted octanol–water partition coefficient (Wildman–Crippen LogP) is -0.245. The lowest BCUT2D eigenvalue weighted by Crippen LogP contribution is -2.53. The molecule has 2 rings (SSSR count). The van der Waals surface area contributed by atoms with Gasteiger partial charge in [0, 0.05) is 32.7 Å². The second kappa shape index (κ2) is 15.3. The molecular weight excluding hydrogens is 458 g/mol. The zero-order valence-corrected chi connectivity index (χ0v) is 20.4. The number of carbonyl (C=O) groups is 3. The average molecular weight is 494 g/mol. The number of nitriles is 1. The molecule has 0 spiro atoms. The molecule has 8 N–H and O–H groups in total. The Labute approximate surface area is 211 Å². The van der Waals surface area contributed by atoms with Gasteiger partial charge in [0.05, 0.1) is 24.1 Å². The van der Waals surface area contributed by atoms with Crippen LogP contribution in [0.4, 0.5) is 0 Å². The Morgan fingerprint density at radius 1 is 0.917 bits per heavy atom. The van der Waals surface area contributed by atoms with E-state index in [1.54, 1.807) is 24.3 Å². The monoisotopic (exact) mass is 493 g/mol.